The van der Waals surface area contributed by atoms with Crippen molar-refractivity contribution in [3.05, 3.63) is 57.6 Å². The molecule has 98 valence electrons. The lowest BCUT2D eigenvalue weighted by Gasteiger charge is -2.09. The van der Waals surface area contributed by atoms with E-state index in [0.717, 1.165) is 15.6 Å². The first kappa shape index (κ1) is 13.6. The van der Waals surface area contributed by atoms with E-state index in [1.807, 2.05) is 26.0 Å². The van der Waals surface area contributed by atoms with Crippen molar-refractivity contribution in [1.29, 1.82) is 0 Å². The van der Waals surface area contributed by atoms with Crippen LogP contribution < -0.4 is 5.32 Å². The maximum absolute atomic E-state index is 12.1. The Morgan fingerprint density at radius 2 is 1.89 bits per heavy atom. The van der Waals surface area contributed by atoms with Gasteiger partial charge in [-0.3, -0.25) is 4.79 Å². The smallest absolute Gasteiger partial charge is 0.255 e. The molecular weight excluding hydrogens is 306 g/mol. The molecule has 0 atom stereocenters. The Morgan fingerprint density at radius 1 is 1.16 bits per heavy atom. The molecule has 0 saturated heterocycles. The number of aryl methyl sites for hydroxylation is 2. The lowest BCUT2D eigenvalue weighted by Crippen LogP contribution is -2.12. The number of benzene rings is 2. The maximum Gasteiger partial charge on any atom is 0.255 e. The van der Waals surface area contributed by atoms with Crippen molar-refractivity contribution in [2.45, 2.75) is 13.8 Å². The van der Waals surface area contributed by atoms with E-state index in [1.54, 1.807) is 24.3 Å². The summed E-state index contributed by atoms with van der Waals surface area (Å²) >= 11 is 3.39. The fourth-order valence-electron chi connectivity index (χ4n) is 1.73. The number of phenolic OH excluding ortho intramolecular Hbond substituents is 1. The molecule has 0 aliphatic heterocycles. The summed E-state index contributed by atoms with van der Waals surface area (Å²) in [5, 5.41) is 12.5. The topological polar surface area (TPSA) is 49.3 Å². The van der Waals surface area contributed by atoms with Gasteiger partial charge in [-0.25, -0.2) is 0 Å². The Bertz CT molecular complexity index is 638. The summed E-state index contributed by atoms with van der Waals surface area (Å²) in [6.07, 6.45) is 0. The lowest BCUT2D eigenvalue weighted by molar-refractivity contribution is 0.102. The predicted molar refractivity (Wildman–Crippen MR) is 79.7 cm³/mol. The Hall–Kier alpha value is -1.81. The van der Waals surface area contributed by atoms with Crippen LogP contribution in [0.3, 0.4) is 0 Å². The van der Waals surface area contributed by atoms with Crippen LogP contribution in [0.5, 0.6) is 5.75 Å². The molecule has 0 heterocycles. The third-order valence-electron chi connectivity index (χ3n) is 2.82. The van der Waals surface area contributed by atoms with Gasteiger partial charge < -0.3 is 10.4 Å². The number of amides is 1. The van der Waals surface area contributed by atoms with E-state index in [9.17, 15) is 9.90 Å². The van der Waals surface area contributed by atoms with Crippen LogP contribution in [0.2, 0.25) is 0 Å². The molecule has 2 aromatic carbocycles. The molecule has 0 fully saturated rings. The Morgan fingerprint density at radius 3 is 2.53 bits per heavy atom. The summed E-state index contributed by atoms with van der Waals surface area (Å²) in [7, 11) is 0. The molecule has 0 bridgehead atoms. The number of carbonyl (C=O) groups excluding carboxylic acids is 1. The predicted octanol–water partition coefficient (Wildman–Crippen LogP) is 4.02. The van der Waals surface area contributed by atoms with Crippen molar-refractivity contribution in [3.63, 3.8) is 0 Å². The molecule has 19 heavy (non-hydrogen) atoms. The first-order valence-corrected chi connectivity index (χ1v) is 6.64. The van der Waals surface area contributed by atoms with Gasteiger partial charge in [-0.05, 0) is 55.3 Å². The van der Waals surface area contributed by atoms with E-state index in [1.165, 1.54) is 0 Å². The highest BCUT2D eigenvalue weighted by atomic mass is 79.9. The van der Waals surface area contributed by atoms with E-state index >= 15 is 0 Å². The number of halogens is 1. The number of phenols is 1. The zero-order valence-electron chi connectivity index (χ0n) is 10.7. The minimum absolute atomic E-state index is 0.0715. The van der Waals surface area contributed by atoms with Crippen LogP contribution in [-0.2, 0) is 0 Å². The summed E-state index contributed by atoms with van der Waals surface area (Å²) in [5.74, 6) is -0.170. The van der Waals surface area contributed by atoms with Crippen LogP contribution in [-0.4, -0.2) is 11.0 Å². The Kier molecular flexibility index (Phi) is 3.90. The number of carbonyl (C=O) groups is 1. The molecule has 0 spiro atoms. The number of nitrogens with one attached hydrogen (secondary N) is 1. The number of anilines is 1. The van der Waals surface area contributed by atoms with E-state index in [0.29, 0.717) is 11.3 Å². The second kappa shape index (κ2) is 5.45. The van der Waals surface area contributed by atoms with Crippen LogP contribution in [0.15, 0.2) is 40.9 Å². The zero-order chi connectivity index (χ0) is 14.0. The molecule has 2 rings (SSSR count). The van der Waals surface area contributed by atoms with Crippen molar-refractivity contribution in [2.75, 3.05) is 5.32 Å². The van der Waals surface area contributed by atoms with Gasteiger partial charge in [0.05, 0.1) is 5.69 Å². The van der Waals surface area contributed by atoms with Crippen LogP contribution in [0.25, 0.3) is 0 Å². The summed E-state index contributed by atoms with van der Waals surface area (Å²) in [6.45, 7) is 3.80. The molecule has 0 saturated carbocycles. The molecule has 4 heteroatoms. The minimum Gasteiger partial charge on any atom is -0.506 e. The number of hydrogen-bond acceptors (Lipinski definition) is 2. The third-order valence-corrected chi connectivity index (χ3v) is 3.71. The summed E-state index contributed by atoms with van der Waals surface area (Å²) in [4.78, 5) is 12.1. The average Bonchev–Trinajstić information content (AvgIpc) is 2.36. The Labute approximate surface area is 120 Å². The number of rotatable bonds is 2. The molecule has 1 amide bonds. The second-order valence-electron chi connectivity index (χ2n) is 4.44. The van der Waals surface area contributed by atoms with Gasteiger partial charge in [0.25, 0.3) is 5.91 Å². The van der Waals surface area contributed by atoms with Gasteiger partial charge in [0.2, 0.25) is 0 Å². The fourth-order valence-corrected chi connectivity index (χ4v) is 1.97. The molecule has 0 aromatic heterocycles. The first-order chi connectivity index (χ1) is 8.97. The molecule has 2 N–H and O–H groups in total. The van der Waals surface area contributed by atoms with Crippen LogP contribution in [0, 0.1) is 13.8 Å². The van der Waals surface area contributed by atoms with Crippen LogP contribution in [0.4, 0.5) is 5.69 Å². The molecule has 2 aromatic rings. The number of hydrogen-bond donors (Lipinski definition) is 2. The van der Waals surface area contributed by atoms with E-state index in [4.69, 9.17) is 0 Å². The quantitative estimate of drug-likeness (QED) is 0.821. The summed E-state index contributed by atoms with van der Waals surface area (Å²) in [6, 6.07) is 10.5. The largest absolute Gasteiger partial charge is 0.506 e. The van der Waals surface area contributed by atoms with Gasteiger partial charge >= 0.3 is 0 Å². The van der Waals surface area contributed by atoms with Crippen molar-refractivity contribution in [2.24, 2.45) is 0 Å². The fraction of sp³-hybridized carbons (Fsp3) is 0.133. The van der Waals surface area contributed by atoms with Gasteiger partial charge in [-0.2, -0.15) is 0 Å². The van der Waals surface area contributed by atoms with E-state index in [2.05, 4.69) is 21.2 Å². The number of aromatic hydroxyl groups is 1. The second-order valence-corrected chi connectivity index (χ2v) is 5.29. The third kappa shape index (κ3) is 3.15. The summed E-state index contributed by atoms with van der Waals surface area (Å²) in [5.41, 5.74) is 2.90. The van der Waals surface area contributed by atoms with Gasteiger partial charge in [-0.1, -0.05) is 22.0 Å². The monoisotopic (exact) mass is 319 g/mol. The SMILES string of the molecule is Cc1ccc(NC(=O)c2ccc(Br)c(C)c2)c(O)c1. The lowest BCUT2D eigenvalue weighted by atomic mass is 10.1. The molecule has 0 aliphatic rings. The minimum atomic E-state index is -0.241. The van der Waals surface area contributed by atoms with Crippen molar-refractivity contribution in [1.82, 2.24) is 0 Å². The molecule has 0 radical (unpaired) electrons. The highest BCUT2D eigenvalue weighted by Crippen LogP contribution is 2.25. The van der Waals surface area contributed by atoms with Crippen molar-refractivity contribution < 1.29 is 9.90 Å². The van der Waals surface area contributed by atoms with Gasteiger partial charge in [-0.15, -0.1) is 0 Å². The van der Waals surface area contributed by atoms with Crippen molar-refractivity contribution in [3.8, 4) is 5.75 Å². The highest BCUT2D eigenvalue weighted by molar-refractivity contribution is 9.10. The average molecular weight is 320 g/mol. The van der Waals surface area contributed by atoms with E-state index < -0.39 is 0 Å². The molecule has 3 nitrogen and oxygen atoms in total. The zero-order valence-corrected chi connectivity index (χ0v) is 12.3. The van der Waals surface area contributed by atoms with Gasteiger partial charge in [0.1, 0.15) is 5.75 Å². The normalized spacial score (nSPS) is 10.3. The van der Waals surface area contributed by atoms with E-state index in [-0.39, 0.29) is 11.7 Å². The van der Waals surface area contributed by atoms with Crippen LogP contribution >= 0.6 is 15.9 Å². The molecule has 0 aliphatic carbocycles. The first-order valence-electron chi connectivity index (χ1n) is 5.84. The van der Waals surface area contributed by atoms with Gasteiger partial charge in [0.15, 0.2) is 0 Å². The highest BCUT2D eigenvalue weighted by Gasteiger charge is 2.09. The molecular formula is C15H14BrNO2. The van der Waals surface area contributed by atoms with Crippen LogP contribution in [0.1, 0.15) is 21.5 Å². The summed E-state index contributed by atoms with van der Waals surface area (Å²) < 4.78 is 0.960. The maximum atomic E-state index is 12.1. The molecule has 0 unspecified atom stereocenters. The van der Waals surface area contributed by atoms with Gasteiger partial charge in [0, 0.05) is 10.0 Å². The van der Waals surface area contributed by atoms with Crippen molar-refractivity contribution >= 4 is 27.5 Å². The standard InChI is InChI=1S/C15H14BrNO2/c1-9-3-6-13(14(18)7-9)17-15(19)11-4-5-12(16)10(2)8-11/h3-8,18H,1-2H3,(H,17,19). The Balaban J connectivity index is 2.23.